The first-order chi connectivity index (χ1) is 13.7. The van der Waals surface area contributed by atoms with Crippen molar-refractivity contribution in [2.75, 3.05) is 45.6 Å². The molecule has 0 spiro atoms. The molecule has 2 rings (SSSR count). The fourth-order valence-electron chi connectivity index (χ4n) is 3.12. The molecule has 1 fully saturated rings. The summed E-state index contributed by atoms with van der Waals surface area (Å²) in [4.78, 5) is 14.6. The molecule has 7 nitrogen and oxygen atoms in total. The summed E-state index contributed by atoms with van der Waals surface area (Å²) >= 11 is 6.37. The van der Waals surface area contributed by atoms with Gasteiger partial charge in [-0.05, 0) is 30.9 Å². The number of carbonyl (C=O) groups is 1. The maximum absolute atomic E-state index is 12.9. The smallest absolute Gasteiger partial charge is 0.254 e. The van der Waals surface area contributed by atoms with E-state index in [2.05, 4.69) is 13.8 Å². The van der Waals surface area contributed by atoms with Crippen molar-refractivity contribution in [2.45, 2.75) is 33.6 Å². The summed E-state index contributed by atoms with van der Waals surface area (Å²) in [6, 6.07) is 3.20. The third-order valence-electron chi connectivity index (χ3n) is 4.80. The molecule has 0 aromatic heterocycles. The lowest BCUT2D eigenvalue weighted by Crippen LogP contribution is -2.51. The summed E-state index contributed by atoms with van der Waals surface area (Å²) < 4.78 is 37.0. The number of rotatable bonds is 9. The van der Waals surface area contributed by atoms with Crippen LogP contribution in [0.1, 0.15) is 44.0 Å². The van der Waals surface area contributed by atoms with Crippen molar-refractivity contribution >= 4 is 27.5 Å². The zero-order chi connectivity index (χ0) is 21.6. The van der Waals surface area contributed by atoms with Crippen molar-refractivity contribution in [1.29, 1.82) is 0 Å². The fourth-order valence-corrected chi connectivity index (χ4v) is 4.88. The largest absolute Gasteiger partial charge is 0.493 e. The molecule has 1 saturated heterocycles. The van der Waals surface area contributed by atoms with E-state index in [1.165, 1.54) is 11.4 Å². The number of nitrogens with zero attached hydrogens (tertiary/aromatic N) is 2. The van der Waals surface area contributed by atoms with Crippen molar-refractivity contribution in [3.63, 3.8) is 0 Å². The van der Waals surface area contributed by atoms with Gasteiger partial charge in [-0.2, -0.15) is 4.31 Å². The first-order valence-electron chi connectivity index (χ1n) is 9.97. The lowest BCUT2D eigenvalue weighted by molar-refractivity contribution is 0.0697. The van der Waals surface area contributed by atoms with Crippen LogP contribution in [0.3, 0.4) is 0 Å². The van der Waals surface area contributed by atoms with Gasteiger partial charge in [-0.1, -0.05) is 32.4 Å². The Morgan fingerprint density at radius 3 is 2.41 bits per heavy atom. The number of ether oxygens (including phenoxy) is 2. The van der Waals surface area contributed by atoms with Crippen LogP contribution < -0.4 is 9.47 Å². The van der Waals surface area contributed by atoms with Gasteiger partial charge in [0.05, 0.1) is 24.5 Å². The molecule has 1 aromatic rings. The molecule has 1 aliphatic heterocycles. The predicted octanol–water partition coefficient (Wildman–Crippen LogP) is 3.27. The number of benzene rings is 1. The molecule has 1 amide bonds. The summed E-state index contributed by atoms with van der Waals surface area (Å²) in [5.74, 6) is 1.27. The highest BCUT2D eigenvalue weighted by atomic mass is 35.5. The van der Waals surface area contributed by atoms with Gasteiger partial charge in [0.15, 0.2) is 11.5 Å². The van der Waals surface area contributed by atoms with Gasteiger partial charge < -0.3 is 14.4 Å². The number of amides is 1. The molecule has 0 saturated carbocycles. The number of sulfonamides is 1. The molecular weight excluding hydrogens is 416 g/mol. The van der Waals surface area contributed by atoms with Gasteiger partial charge in [-0.15, -0.1) is 0 Å². The van der Waals surface area contributed by atoms with Crippen LogP contribution in [-0.2, 0) is 10.0 Å². The Bertz CT molecular complexity index is 805. The highest BCUT2D eigenvalue weighted by Gasteiger charge is 2.29. The average Bonchev–Trinajstić information content (AvgIpc) is 2.68. The topological polar surface area (TPSA) is 76.2 Å². The Hall–Kier alpha value is -1.51. The number of hydrogen-bond acceptors (Lipinski definition) is 5. The molecule has 0 radical (unpaired) electrons. The Labute approximate surface area is 179 Å². The first-order valence-corrected chi connectivity index (χ1v) is 12.0. The minimum Gasteiger partial charge on any atom is -0.493 e. The van der Waals surface area contributed by atoms with E-state index in [1.54, 1.807) is 17.0 Å². The molecular formula is C20H31ClN2O5S. The highest BCUT2D eigenvalue weighted by molar-refractivity contribution is 7.89. The van der Waals surface area contributed by atoms with Crippen LogP contribution in [0.4, 0.5) is 0 Å². The highest BCUT2D eigenvalue weighted by Crippen LogP contribution is 2.37. The van der Waals surface area contributed by atoms with E-state index < -0.39 is 10.0 Å². The van der Waals surface area contributed by atoms with Gasteiger partial charge in [0.1, 0.15) is 0 Å². The normalized spacial score (nSPS) is 15.6. The van der Waals surface area contributed by atoms with E-state index in [0.29, 0.717) is 67.2 Å². The number of hydrogen-bond donors (Lipinski definition) is 0. The summed E-state index contributed by atoms with van der Waals surface area (Å²) in [6.45, 7) is 7.85. The molecule has 164 valence electrons. The van der Waals surface area contributed by atoms with Crippen LogP contribution in [0.5, 0.6) is 11.5 Å². The molecule has 0 aliphatic carbocycles. The Balaban J connectivity index is 2.09. The molecule has 29 heavy (non-hydrogen) atoms. The third kappa shape index (κ3) is 6.23. The minimum absolute atomic E-state index is 0.131. The maximum Gasteiger partial charge on any atom is 0.254 e. The third-order valence-corrected chi connectivity index (χ3v) is 7.16. The number of methoxy groups -OCH3 is 1. The Morgan fingerprint density at radius 2 is 1.86 bits per heavy atom. The van der Waals surface area contributed by atoms with Gasteiger partial charge >= 0.3 is 0 Å². The second-order valence-corrected chi connectivity index (χ2v) is 10.0. The standard InChI is InChI=1S/C20H31ClN2O5S/c1-5-12-29(25,26)23-9-7-22(8-10-23)20(24)16-13-17(21)19(18(14-16)27-4)28-11-6-15(2)3/h13-15H,5-12H2,1-4H3. The van der Waals surface area contributed by atoms with E-state index in [9.17, 15) is 13.2 Å². The molecule has 1 aromatic carbocycles. The van der Waals surface area contributed by atoms with Crippen LogP contribution in [0.2, 0.25) is 5.02 Å². The van der Waals surface area contributed by atoms with E-state index in [4.69, 9.17) is 21.1 Å². The van der Waals surface area contributed by atoms with E-state index in [-0.39, 0.29) is 11.7 Å². The van der Waals surface area contributed by atoms with Crippen molar-refractivity contribution < 1.29 is 22.7 Å². The second kappa shape index (κ2) is 10.5. The number of carbonyl (C=O) groups excluding carboxylic acids is 1. The van der Waals surface area contributed by atoms with Gasteiger partial charge in [0.2, 0.25) is 10.0 Å². The Morgan fingerprint density at radius 1 is 1.21 bits per heavy atom. The fraction of sp³-hybridized carbons (Fsp3) is 0.650. The molecule has 0 bridgehead atoms. The summed E-state index contributed by atoms with van der Waals surface area (Å²) in [5.41, 5.74) is 0.396. The lowest BCUT2D eigenvalue weighted by Gasteiger charge is -2.34. The monoisotopic (exact) mass is 446 g/mol. The van der Waals surface area contributed by atoms with Crippen molar-refractivity contribution in [3.8, 4) is 11.5 Å². The quantitative estimate of drug-likeness (QED) is 0.581. The number of halogens is 1. The minimum atomic E-state index is -3.25. The lowest BCUT2D eigenvalue weighted by atomic mass is 10.1. The predicted molar refractivity (Wildman–Crippen MR) is 115 cm³/mol. The van der Waals surface area contributed by atoms with Crippen LogP contribution in [-0.4, -0.2) is 69.2 Å². The molecule has 0 N–H and O–H groups in total. The summed E-state index contributed by atoms with van der Waals surface area (Å²) in [6.07, 6.45) is 1.46. The van der Waals surface area contributed by atoms with E-state index >= 15 is 0 Å². The Kier molecular flexibility index (Phi) is 8.60. The number of piperazine rings is 1. The molecule has 0 unspecified atom stereocenters. The van der Waals surface area contributed by atoms with Gasteiger partial charge in [-0.25, -0.2) is 8.42 Å². The van der Waals surface area contributed by atoms with Crippen molar-refractivity contribution in [3.05, 3.63) is 22.7 Å². The van der Waals surface area contributed by atoms with E-state index in [1.807, 2.05) is 6.92 Å². The van der Waals surface area contributed by atoms with Crippen LogP contribution in [0, 0.1) is 5.92 Å². The molecule has 1 aliphatic rings. The van der Waals surface area contributed by atoms with Crippen LogP contribution in [0.15, 0.2) is 12.1 Å². The van der Waals surface area contributed by atoms with Gasteiger partial charge in [-0.3, -0.25) is 4.79 Å². The zero-order valence-corrected chi connectivity index (χ0v) is 19.2. The maximum atomic E-state index is 12.9. The van der Waals surface area contributed by atoms with Gasteiger partial charge in [0.25, 0.3) is 5.91 Å². The molecule has 1 heterocycles. The molecule has 9 heteroatoms. The average molecular weight is 447 g/mol. The summed E-state index contributed by atoms with van der Waals surface area (Å²) in [7, 11) is -1.74. The molecule has 0 atom stereocenters. The van der Waals surface area contributed by atoms with Crippen molar-refractivity contribution in [1.82, 2.24) is 9.21 Å². The summed E-state index contributed by atoms with van der Waals surface area (Å²) in [5, 5.41) is 0.320. The van der Waals surface area contributed by atoms with Crippen molar-refractivity contribution in [2.24, 2.45) is 5.92 Å². The van der Waals surface area contributed by atoms with Crippen LogP contribution in [0.25, 0.3) is 0 Å². The zero-order valence-electron chi connectivity index (χ0n) is 17.6. The SMILES string of the molecule is CCCS(=O)(=O)N1CCN(C(=O)c2cc(Cl)c(OCCC(C)C)c(OC)c2)CC1. The first kappa shape index (κ1) is 23.8. The van der Waals surface area contributed by atoms with E-state index in [0.717, 1.165) is 6.42 Å². The second-order valence-electron chi connectivity index (χ2n) is 7.53. The van der Waals surface area contributed by atoms with Crippen LogP contribution >= 0.6 is 11.6 Å². The van der Waals surface area contributed by atoms with Gasteiger partial charge in [0, 0.05) is 31.7 Å².